The molecule has 2 aliphatic heterocycles. The Balaban J connectivity index is 0.00000288. The van der Waals surface area contributed by atoms with Crippen molar-refractivity contribution >= 4 is 29.9 Å². The SMILES string of the molecule is CCNC(=NCC1CN(C)CCN1C)N1CCC(COCC)C1.I. The summed E-state index contributed by atoms with van der Waals surface area (Å²) in [6, 6.07) is 0.518. The molecular formula is C17H36IN5O. The van der Waals surface area contributed by atoms with Crippen LogP contribution in [0, 0.1) is 5.92 Å². The van der Waals surface area contributed by atoms with Gasteiger partial charge in [0.2, 0.25) is 0 Å². The number of nitrogens with one attached hydrogen (secondary N) is 1. The zero-order chi connectivity index (χ0) is 16.7. The van der Waals surface area contributed by atoms with E-state index in [9.17, 15) is 0 Å². The maximum absolute atomic E-state index is 5.59. The standard InChI is InChI=1S/C17H35N5O.HI/c1-5-18-17(22-8-7-15(12-22)14-23-6-2)19-11-16-13-20(3)9-10-21(16)4;/h15-16H,5-14H2,1-4H3,(H,18,19);1H. The first-order chi connectivity index (χ1) is 11.1. The lowest BCUT2D eigenvalue weighted by molar-refractivity contribution is 0.114. The van der Waals surface area contributed by atoms with E-state index in [4.69, 9.17) is 9.73 Å². The fraction of sp³-hybridized carbons (Fsp3) is 0.941. The highest BCUT2D eigenvalue weighted by atomic mass is 127. The Morgan fingerprint density at radius 2 is 1.96 bits per heavy atom. The Morgan fingerprint density at radius 3 is 2.67 bits per heavy atom. The molecule has 2 unspecified atom stereocenters. The number of ether oxygens (including phenoxy) is 1. The normalized spacial score (nSPS) is 26.5. The Hall–Kier alpha value is -0.120. The first kappa shape index (κ1) is 21.9. The fourth-order valence-electron chi connectivity index (χ4n) is 3.36. The minimum atomic E-state index is 0. The van der Waals surface area contributed by atoms with Gasteiger partial charge in [-0.25, -0.2) is 0 Å². The van der Waals surface area contributed by atoms with E-state index in [2.05, 4.69) is 48.0 Å². The predicted molar refractivity (Wildman–Crippen MR) is 111 cm³/mol. The molecule has 7 heteroatoms. The number of hydrogen-bond acceptors (Lipinski definition) is 4. The van der Waals surface area contributed by atoms with Crippen LogP contribution >= 0.6 is 24.0 Å². The second kappa shape index (κ2) is 11.5. The molecule has 1 N–H and O–H groups in total. The molecule has 0 bridgehead atoms. The van der Waals surface area contributed by atoms with Crippen LogP contribution < -0.4 is 5.32 Å². The second-order valence-corrected chi connectivity index (χ2v) is 6.85. The van der Waals surface area contributed by atoms with Gasteiger partial charge in [0.15, 0.2) is 5.96 Å². The number of likely N-dealkylation sites (tertiary alicyclic amines) is 1. The van der Waals surface area contributed by atoms with Crippen LogP contribution in [0.15, 0.2) is 4.99 Å². The van der Waals surface area contributed by atoms with E-state index >= 15 is 0 Å². The number of nitrogens with zero attached hydrogens (tertiary/aromatic N) is 4. The van der Waals surface area contributed by atoms with Gasteiger partial charge >= 0.3 is 0 Å². The van der Waals surface area contributed by atoms with Gasteiger partial charge < -0.3 is 19.9 Å². The quantitative estimate of drug-likeness (QED) is 0.372. The molecule has 2 saturated heterocycles. The van der Waals surface area contributed by atoms with Crippen LogP contribution in [0.1, 0.15) is 20.3 Å². The van der Waals surface area contributed by atoms with E-state index < -0.39 is 0 Å². The number of hydrogen-bond donors (Lipinski definition) is 1. The Kier molecular flexibility index (Phi) is 10.5. The smallest absolute Gasteiger partial charge is 0.193 e. The van der Waals surface area contributed by atoms with E-state index in [1.165, 1.54) is 6.42 Å². The number of likely N-dealkylation sites (N-methyl/N-ethyl adjacent to an activating group) is 2. The zero-order valence-electron chi connectivity index (χ0n) is 15.8. The topological polar surface area (TPSA) is 43.3 Å². The van der Waals surface area contributed by atoms with Crippen molar-refractivity contribution in [3.8, 4) is 0 Å². The summed E-state index contributed by atoms with van der Waals surface area (Å²) in [7, 11) is 4.42. The van der Waals surface area contributed by atoms with Crippen LogP contribution in [-0.2, 0) is 4.74 Å². The van der Waals surface area contributed by atoms with Crippen LogP contribution in [0.3, 0.4) is 0 Å². The van der Waals surface area contributed by atoms with Crippen LogP contribution in [0.25, 0.3) is 0 Å². The molecule has 0 aromatic heterocycles. The van der Waals surface area contributed by atoms with Gasteiger partial charge in [0.1, 0.15) is 0 Å². The molecule has 0 aliphatic carbocycles. The van der Waals surface area contributed by atoms with Crippen molar-refractivity contribution in [2.24, 2.45) is 10.9 Å². The monoisotopic (exact) mass is 453 g/mol. The predicted octanol–water partition coefficient (Wildman–Crippen LogP) is 1.17. The molecule has 0 amide bonds. The molecular weight excluding hydrogens is 417 g/mol. The number of guanidine groups is 1. The summed E-state index contributed by atoms with van der Waals surface area (Å²) >= 11 is 0. The largest absolute Gasteiger partial charge is 0.381 e. The summed E-state index contributed by atoms with van der Waals surface area (Å²) < 4.78 is 5.59. The molecule has 0 aromatic carbocycles. The van der Waals surface area contributed by atoms with E-state index in [0.717, 1.165) is 65.0 Å². The van der Waals surface area contributed by atoms with Crippen molar-refractivity contribution in [2.75, 3.05) is 73.1 Å². The third-order valence-corrected chi connectivity index (χ3v) is 4.91. The molecule has 2 heterocycles. The molecule has 0 saturated carbocycles. The zero-order valence-corrected chi connectivity index (χ0v) is 18.2. The summed E-state index contributed by atoms with van der Waals surface area (Å²) in [5.74, 6) is 1.72. The third-order valence-electron chi connectivity index (χ3n) is 4.91. The fourth-order valence-corrected chi connectivity index (χ4v) is 3.36. The molecule has 0 spiro atoms. The van der Waals surface area contributed by atoms with E-state index in [1.54, 1.807) is 0 Å². The lowest BCUT2D eigenvalue weighted by Crippen LogP contribution is -2.51. The lowest BCUT2D eigenvalue weighted by Gasteiger charge is -2.37. The first-order valence-corrected chi connectivity index (χ1v) is 9.13. The van der Waals surface area contributed by atoms with Crippen LogP contribution in [-0.4, -0.2) is 99.8 Å². The number of halogens is 1. The molecule has 2 aliphatic rings. The van der Waals surface area contributed by atoms with Gasteiger partial charge in [0.25, 0.3) is 0 Å². The van der Waals surface area contributed by atoms with Gasteiger partial charge in [0, 0.05) is 57.8 Å². The molecule has 24 heavy (non-hydrogen) atoms. The highest BCUT2D eigenvalue weighted by Crippen LogP contribution is 2.17. The van der Waals surface area contributed by atoms with Crippen molar-refractivity contribution in [1.29, 1.82) is 0 Å². The minimum absolute atomic E-state index is 0. The Labute approximate surface area is 165 Å². The summed E-state index contributed by atoms with van der Waals surface area (Å²) in [4.78, 5) is 12.2. The molecule has 2 fully saturated rings. The van der Waals surface area contributed by atoms with Crippen molar-refractivity contribution < 1.29 is 4.74 Å². The van der Waals surface area contributed by atoms with E-state index in [0.29, 0.717) is 12.0 Å². The van der Waals surface area contributed by atoms with Gasteiger partial charge in [-0.15, -0.1) is 24.0 Å². The number of rotatable bonds is 6. The van der Waals surface area contributed by atoms with Crippen LogP contribution in [0.5, 0.6) is 0 Å². The maximum atomic E-state index is 5.59. The van der Waals surface area contributed by atoms with E-state index in [-0.39, 0.29) is 24.0 Å². The van der Waals surface area contributed by atoms with Gasteiger partial charge in [0.05, 0.1) is 13.2 Å². The van der Waals surface area contributed by atoms with Crippen LogP contribution in [0.4, 0.5) is 0 Å². The number of piperazine rings is 1. The molecule has 0 aromatic rings. The van der Waals surface area contributed by atoms with Crippen molar-refractivity contribution in [3.63, 3.8) is 0 Å². The minimum Gasteiger partial charge on any atom is -0.381 e. The average Bonchev–Trinajstić information content (AvgIpc) is 3.01. The molecule has 6 nitrogen and oxygen atoms in total. The molecule has 2 rings (SSSR count). The van der Waals surface area contributed by atoms with Crippen molar-refractivity contribution in [2.45, 2.75) is 26.3 Å². The average molecular weight is 453 g/mol. The molecule has 0 radical (unpaired) electrons. The Morgan fingerprint density at radius 1 is 1.17 bits per heavy atom. The first-order valence-electron chi connectivity index (χ1n) is 9.13. The Bertz CT molecular complexity index is 382. The third kappa shape index (κ3) is 6.65. The number of aliphatic imine (C=N–C) groups is 1. The van der Waals surface area contributed by atoms with Gasteiger partial charge in [-0.2, -0.15) is 0 Å². The highest BCUT2D eigenvalue weighted by Gasteiger charge is 2.26. The lowest BCUT2D eigenvalue weighted by atomic mass is 10.1. The maximum Gasteiger partial charge on any atom is 0.193 e. The summed E-state index contributed by atoms with van der Waals surface area (Å²) in [6.45, 7) is 13.2. The van der Waals surface area contributed by atoms with E-state index in [1.807, 2.05) is 0 Å². The summed E-state index contributed by atoms with van der Waals surface area (Å²) in [5, 5.41) is 3.47. The second-order valence-electron chi connectivity index (χ2n) is 6.85. The van der Waals surface area contributed by atoms with Gasteiger partial charge in [-0.05, 0) is 34.4 Å². The van der Waals surface area contributed by atoms with Gasteiger partial charge in [-0.3, -0.25) is 9.89 Å². The van der Waals surface area contributed by atoms with Crippen molar-refractivity contribution in [1.82, 2.24) is 20.0 Å². The summed E-state index contributed by atoms with van der Waals surface area (Å²) in [5.41, 5.74) is 0. The highest BCUT2D eigenvalue weighted by molar-refractivity contribution is 14.0. The molecule has 142 valence electrons. The van der Waals surface area contributed by atoms with Gasteiger partial charge in [-0.1, -0.05) is 0 Å². The summed E-state index contributed by atoms with van der Waals surface area (Å²) in [6.07, 6.45) is 1.20. The van der Waals surface area contributed by atoms with Crippen LogP contribution in [0.2, 0.25) is 0 Å². The van der Waals surface area contributed by atoms with Crippen molar-refractivity contribution in [3.05, 3.63) is 0 Å². The molecule has 2 atom stereocenters.